The number of amides is 2. The summed E-state index contributed by atoms with van der Waals surface area (Å²) < 4.78 is 5.37. The summed E-state index contributed by atoms with van der Waals surface area (Å²) in [5.41, 5.74) is 2.39. The number of carbonyl (C=O) groups excluding carboxylic acids is 3. The van der Waals surface area contributed by atoms with Crippen molar-refractivity contribution in [2.24, 2.45) is 0 Å². The highest BCUT2D eigenvalue weighted by molar-refractivity contribution is 8.00. The van der Waals surface area contributed by atoms with Crippen molar-refractivity contribution in [2.45, 2.75) is 37.1 Å². The average Bonchev–Trinajstić information content (AvgIpc) is 3.43. The van der Waals surface area contributed by atoms with E-state index in [1.807, 2.05) is 42.2 Å². The van der Waals surface area contributed by atoms with Gasteiger partial charge in [0.15, 0.2) is 6.61 Å². The Kier molecular flexibility index (Phi) is 6.61. The number of fused-ring (bicyclic) bond motifs is 1. The zero-order chi connectivity index (χ0) is 21.8. The summed E-state index contributed by atoms with van der Waals surface area (Å²) in [5, 5.41) is 0. The number of nitrogens with zero attached hydrogens (tertiary/aromatic N) is 2. The molecule has 4 rings (SSSR count). The molecule has 0 N–H and O–H groups in total. The van der Waals surface area contributed by atoms with Crippen LogP contribution in [0, 0.1) is 0 Å². The molecule has 1 fully saturated rings. The van der Waals surface area contributed by atoms with Gasteiger partial charge in [-0.2, -0.15) is 0 Å². The fraction of sp³-hybridized carbons (Fsp3) is 0.375. The minimum atomic E-state index is -0.551. The Labute approximate surface area is 186 Å². The average molecular weight is 439 g/mol. The minimum Gasteiger partial charge on any atom is -0.452 e. The molecular weight excluding hydrogens is 412 g/mol. The van der Waals surface area contributed by atoms with Crippen LogP contribution >= 0.6 is 11.8 Å². The van der Waals surface area contributed by atoms with Gasteiger partial charge < -0.3 is 14.5 Å². The number of carbonyl (C=O) groups is 3. The first-order valence-corrected chi connectivity index (χ1v) is 11.6. The van der Waals surface area contributed by atoms with Gasteiger partial charge in [0.25, 0.3) is 5.91 Å². The van der Waals surface area contributed by atoms with E-state index < -0.39 is 5.97 Å². The minimum absolute atomic E-state index is 0.0306. The normalized spacial score (nSPS) is 17.5. The highest BCUT2D eigenvalue weighted by atomic mass is 32.2. The number of benzene rings is 2. The first kappa shape index (κ1) is 21.4. The monoisotopic (exact) mass is 438 g/mol. The Morgan fingerprint density at radius 1 is 1.00 bits per heavy atom. The summed E-state index contributed by atoms with van der Waals surface area (Å²) in [6, 6.07) is 14.9. The van der Waals surface area contributed by atoms with Gasteiger partial charge in [-0.05, 0) is 49.9 Å². The topological polar surface area (TPSA) is 66.9 Å². The molecule has 31 heavy (non-hydrogen) atoms. The van der Waals surface area contributed by atoms with Crippen LogP contribution in [0.1, 0.15) is 35.7 Å². The van der Waals surface area contributed by atoms with Crippen LogP contribution in [-0.4, -0.2) is 54.2 Å². The van der Waals surface area contributed by atoms with Gasteiger partial charge in [0, 0.05) is 29.7 Å². The summed E-state index contributed by atoms with van der Waals surface area (Å²) in [6.45, 7) is 3.29. The third-order valence-electron chi connectivity index (χ3n) is 5.72. The van der Waals surface area contributed by atoms with Crippen molar-refractivity contribution in [3.05, 3.63) is 59.7 Å². The lowest BCUT2D eigenvalue weighted by atomic mass is 10.1. The molecule has 0 saturated carbocycles. The van der Waals surface area contributed by atoms with E-state index in [0.29, 0.717) is 10.5 Å². The van der Waals surface area contributed by atoms with Gasteiger partial charge in [-0.25, -0.2) is 4.79 Å². The second-order valence-corrected chi connectivity index (χ2v) is 8.91. The van der Waals surface area contributed by atoms with Crippen molar-refractivity contribution in [2.75, 3.05) is 30.3 Å². The SMILES string of the molecule is C[C@H]1Cc2ccccc2N1C(=O)COC(=O)c1ccccc1SCC(=O)N1CCCC1. The lowest BCUT2D eigenvalue weighted by Crippen LogP contribution is -2.38. The molecule has 7 heteroatoms. The standard InChI is InChI=1S/C24H26N2O4S/c1-17-14-18-8-2-4-10-20(18)26(17)22(27)15-30-24(29)19-9-3-5-11-21(19)31-16-23(28)25-12-6-7-13-25/h2-5,8-11,17H,6-7,12-16H2,1H3/t17-/m0/s1. The second-order valence-electron chi connectivity index (χ2n) is 7.89. The van der Waals surface area contributed by atoms with Gasteiger partial charge in [0.1, 0.15) is 0 Å². The maximum atomic E-state index is 12.8. The van der Waals surface area contributed by atoms with E-state index in [1.54, 1.807) is 23.1 Å². The van der Waals surface area contributed by atoms with E-state index in [0.717, 1.165) is 43.6 Å². The Hall–Kier alpha value is -2.80. The molecule has 0 unspecified atom stereocenters. The molecule has 0 aromatic heterocycles. The molecule has 2 aliphatic heterocycles. The van der Waals surface area contributed by atoms with Crippen molar-refractivity contribution in [1.82, 2.24) is 4.90 Å². The Balaban J connectivity index is 1.37. The van der Waals surface area contributed by atoms with Crippen LogP contribution in [-0.2, 0) is 20.7 Å². The Morgan fingerprint density at radius 3 is 2.52 bits per heavy atom. The van der Waals surface area contributed by atoms with Crippen molar-refractivity contribution in [1.29, 1.82) is 0 Å². The number of likely N-dealkylation sites (tertiary alicyclic amines) is 1. The molecule has 1 saturated heterocycles. The number of hydrogen-bond donors (Lipinski definition) is 0. The summed E-state index contributed by atoms with van der Waals surface area (Å²) in [6.07, 6.45) is 2.89. The fourth-order valence-electron chi connectivity index (χ4n) is 4.18. The Bertz CT molecular complexity index is 987. The third kappa shape index (κ3) is 4.77. The molecule has 2 aromatic rings. The van der Waals surface area contributed by atoms with Crippen LogP contribution in [0.4, 0.5) is 5.69 Å². The van der Waals surface area contributed by atoms with Crippen molar-refractivity contribution in [3.63, 3.8) is 0 Å². The van der Waals surface area contributed by atoms with Crippen LogP contribution in [0.25, 0.3) is 0 Å². The predicted octanol–water partition coefficient (Wildman–Crippen LogP) is 3.54. The van der Waals surface area contributed by atoms with Gasteiger partial charge in [-0.3, -0.25) is 9.59 Å². The van der Waals surface area contributed by atoms with E-state index in [-0.39, 0.29) is 30.2 Å². The molecule has 0 radical (unpaired) electrons. The lowest BCUT2D eigenvalue weighted by molar-refractivity contribution is -0.127. The molecule has 1 atom stereocenters. The maximum Gasteiger partial charge on any atom is 0.339 e. The van der Waals surface area contributed by atoms with E-state index in [2.05, 4.69) is 0 Å². The quantitative estimate of drug-likeness (QED) is 0.510. The first-order chi connectivity index (χ1) is 15.0. The molecule has 162 valence electrons. The molecule has 2 aromatic carbocycles. The summed E-state index contributed by atoms with van der Waals surface area (Å²) in [7, 11) is 0. The number of ether oxygens (including phenoxy) is 1. The van der Waals surface area contributed by atoms with Gasteiger partial charge in [-0.15, -0.1) is 11.8 Å². The lowest BCUT2D eigenvalue weighted by Gasteiger charge is -2.22. The molecule has 2 amide bonds. The highest BCUT2D eigenvalue weighted by Gasteiger charge is 2.31. The molecule has 2 heterocycles. The van der Waals surface area contributed by atoms with Crippen molar-refractivity contribution in [3.8, 4) is 0 Å². The first-order valence-electron chi connectivity index (χ1n) is 10.6. The van der Waals surface area contributed by atoms with Gasteiger partial charge in [0.2, 0.25) is 5.91 Å². The van der Waals surface area contributed by atoms with Crippen LogP contribution in [0.2, 0.25) is 0 Å². The molecule has 0 aliphatic carbocycles. The maximum absolute atomic E-state index is 12.8. The number of esters is 1. The van der Waals surface area contributed by atoms with Crippen LogP contribution in [0.3, 0.4) is 0 Å². The third-order valence-corrected chi connectivity index (χ3v) is 6.78. The molecule has 2 aliphatic rings. The largest absolute Gasteiger partial charge is 0.452 e. The summed E-state index contributed by atoms with van der Waals surface area (Å²) in [5.74, 6) is -0.418. The number of thioether (sulfide) groups is 1. The summed E-state index contributed by atoms with van der Waals surface area (Å²) in [4.78, 5) is 42.1. The molecule has 0 spiro atoms. The van der Waals surface area contributed by atoms with Gasteiger partial charge in [0.05, 0.1) is 11.3 Å². The molecule has 6 nitrogen and oxygen atoms in total. The zero-order valence-electron chi connectivity index (χ0n) is 17.6. The fourth-order valence-corrected chi connectivity index (χ4v) is 5.12. The molecular formula is C24H26N2O4S. The van der Waals surface area contributed by atoms with E-state index in [4.69, 9.17) is 4.74 Å². The van der Waals surface area contributed by atoms with Gasteiger partial charge >= 0.3 is 5.97 Å². The van der Waals surface area contributed by atoms with Crippen molar-refractivity contribution < 1.29 is 19.1 Å². The predicted molar refractivity (Wildman–Crippen MR) is 120 cm³/mol. The molecule has 0 bridgehead atoms. The van der Waals surface area contributed by atoms with E-state index in [9.17, 15) is 14.4 Å². The van der Waals surface area contributed by atoms with Crippen LogP contribution in [0.15, 0.2) is 53.4 Å². The number of para-hydroxylation sites is 1. The van der Waals surface area contributed by atoms with Gasteiger partial charge in [-0.1, -0.05) is 30.3 Å². The second kappa shape index (κ2) is 9.56. The smallest absolute Gasteiger partial charge is 0.339 e. The van der Waals surface area contributed by atoms with E-state index >= 15 is 0 Å². The van der Waals surface area contributed by atoms with Crippen molar-refractivity contribution >= 4 is 35.2 Å². The summed E-state index contributed by atoms with van der Waals surface area (Å²) >= 11 is 1.33. The van der Waals surface area contributed by atoms with Crippen LogP contribution in [0.5, 0.6) is 0 Å². The number of hydrogen-bond acceptors (Lipinski definition) is 5. The van der Waals surface area contributed by atoms with Crippen LogP contribution < -0.4 is 4.90 Å². The number of anilines is 1. The van der Waals surface area contributed by atoms with E-state index in [1.165, 1.54) is 11.8 Å². The number of rotatable bonds is 6. The highest BCUT2D eigenvalue weighted by Crippen LogP contribution is 2.32. The zero-order valence-corrected chi connectivity index (χ0v) is 18.4. The Morgan fingerprint density at radius 2 is 1.71 bits per heavy atom.